The van der Waals surface area contributed by atoms with Gasteiger partial charge in [-0.05, 0) is 55.2 Å². The summed E-state index contributed by atoms with van der Waals surface area (Å²) in [5.74, 6) is 0.770. The molecule has 0 spiro atoms. The van der Waals surface area contributed by atoms with Crippen molar-refractivity contribution in [3.05, 3.63) is 41.4 Å². The lowest BCUT2D eigenvalue weighted by Gasteiger charge is -2.27. The molecule has 20 heavy (non-hydrogen) atoms. The number of halogens is 4. The molecule has 1 aliphatic carbocycles. The van der Waals surface area contributed by atoms with Crippen molar-refractivity contribution in [1.82, 2.24) is 0 Å². The zero-order chi connectivity index (χ0) is 14.6. The molecular formula is C15H16ClF3O. The van der Waals surface area contributed by atoms with Gasteiger partial charge in [0.2, 0.25) is 0 Å². The van der Waals surface area contributed by atoms with Crippen LogP contribution >= 0.6 is 11.6 Å². The Hall–Kier alpha value is -1.16. The monoisotopic (exact) mass is 304 g/mol. The summed E-state index contributed by atoms with van der Waals surface area (Å²) in [5.41, 5.74) is 2.64. The first-order valence-electron chi connectivity index (χ1n) is 6.60. The van der Waals surface area contributed by atoms with E-state index in [0.717, 1.165) is 31.2 Å². The number of rotatable bonds is 3. The van der Waals surface area contributed by atoms with E-state index >= 15 is 0 Å². The highest BCUT2D eigenvalue weighted by molar-refractivity contribution is 6.25. The van der Waals surface area contributed by atoms with Crippen LogP contribution in [-0.4, -0.2) is 6.36 Å². The largest absolute Gasteiger partial charge is 0.573 e. The number of hydrogen-bond donors (Lipinski definition) is 0. The molecule has 2 rings (SSSR count). The maximum absolute atomic E-state index is 12.1. The van der Waals surface area contributed by atoms with Crippen molar-refractivity contribution in [3.63, 3.8) is 0 Å². The average molecular weight is 305 g/mol. The van der Waals surface area contributed by atoms with Gasteiger partial charge in [-0.15, -0.1) is 13.2 Å². The highest BCUT2D eigenvalue weighted by Crippen LogP contribution is 2.37. The van der Waals surface area contributed by atoms with Gasteiger partial charge >= 0.3 is 6.36 Å². The Labute approximate surface area is 121 Å². The van der Waals surface area contributed by atoms with E-state index in [2.05, 4.69) is 4.74 Å². The molecule has 0 aliphatic heterocycles. The molecule has 5 heteroatoms. The predicted octanol–water partition coefficient (Wildman–Crippen LogP) is 5.61. The molecule has 1 nitrogen and oxygen atoms in total. The first-order valence-corrected chi connectivity index (χ1v) is 7.04. The van der Waals surface area contributed by atoms with Gasteiger partial charge < -0.3 is 4.74 Å². The van der Waals surface area contributed by atoms with Crippen LogP contribution in [0.4, 0.5) is 13.2 Å². The number of alkyl halides is 3. The quantitative estimate of drug-likeness (QED) is 0.705. The number of benzene rings is 1. The lowest BCUT2D eigenvalue weighted by Crippen LogP contribution is -2.17. The predicted molar refractivity (Wildman–Crippen MR) is 72.8 cm³/mol. The Morgan fingerprint density at radius 1 is 1.05 bits per heavy atom. The van der Waals surface area contributed by atoms with Gasteiger partial charge in [0, 0.05) is 5.54 Å². The van der Waals surface area contributed by atoms with E-state index in [4.69, 9.17) is 11.6 Å². The molecule has 1 saturated carbocycles. The lowest BCUT2D eigenvalue weighted by molar-refractivity contribution is -0.274. The van der Waals surface area contributed by atoms with Crippen molar-refractivity contribution >= 4 is 11.6 Å². The fourth-order valence-electron chi connectivity index (χ4n) is 2.69. The fourth-order valence-corrected chi connectivity index (χ4v) is 2.90. The van der Waals surface area contributed by atoms with Crippen LogP contribution in [0.5, 0.6) is 5.75 Å². The third kappa shape index (κ3) is 4.44. The average Bonchev–Trinajstić information content (AvgIpc) is 2.39. The van der Waals surface area contributed by atoms with Gasteiger partial charge in [0.15, 0.2) is 0 Å². The van der Waals surface area contributed by atoms with E-state index in [1.807, 2.05) is 6.08 Å². The summed E-state index contributed by atoms with van der Waals surface area (Å²) in [6, 6.07) is 6.22. The van der Waals surface area contributed by atoms with Crippen molar-refractivity contribution in [1.29, 1.82) is 0 Å². The van der Waals surface area contributed by atoms with Gasteiger partial charge in [0.25, 0.3) is 0 Å². The molecule has 0 N–H and O–H groups in total. The standard InChI is InChI=1S/C15H16ClF3O/c16-10-9-11-1-3-12(4-2-11)13-5-7-14(8-6-13)20-15(17,18)19/h5-12H,1-4H2. The lowest BCUT2D eigenvalue weighted by atomic mass is 9.79. The highest BCUT2D eigenvalue weighted by Gasteiger charge is 2.31. The summed E-state index contributed by atoms with van der Waals surface area (Å²) in [4.78, 5) is 0. The molecular weight excluding hydrogens is 289 g/mol. The minimum absolute atomic E-state index is 0.167. The van der Waals surface area contributed by atoms with Gasteiger partial charge in [0.1, 0.15) is 5.75 Å². The first-order chi connectivity index (χ1) is 9.48. The zero-order valence-electron chi connectivity index (χ0n) is 10.9. The van der Waals surface area contributed by atoms with Crippen molar-refractivity contribution < 1.29 is 17.9 Å². The van der Waals surface area contributed by atoms with E-state index in [1.54, 1.807) is 17.7 Å². The molecule has 0 atom stereocenters. The molecule has 1 fully saturated rings. The molecule has 0 unspecified atom stereocenters. The summed E-state index contributed by atoms with van der Waals surface area (Å²) in [6.45, 7) is 0. The fraction of sp³-hybridized carbons (Fsp3) is 0.467. The van der Waals surface area contributed by atoms with E-state index < -0.39 is 6.36 Å². The Kier molecular flexibility index (Phi) is 4.97. The summed E-state index contributed by atoms with van der Waals surface area (Å²) in [6.07, 6.45) is 1.58. The second kappa shape index (κ2) is 6.53. The SMILES string of the molecule is FC(F)(F)Oc1ccc(C2CCC(C=CCl)CC2)cc1. The van der Waals surface area contributed by atoms with Crippen molar-refractivity contribution in [2.45, 2.75) is 38.0 Å². The molecule has 0 radical (unpaired) electrons. The smallest absolute Gasteiger partial charge is 0.406 e. The van der Waals surface area contributed by atoms with Crippen molar-refractivity contribution in [3.8, 4) is 5.75 Å². The summed E-state index contributed by atoms with van der Waals surface area (Å²) < 4.78 is 40.1. The summed E-state index contributed by atoms with van der Waals surface area (Å²) in [5, 5.41) is 0. The van der Waals surface area contributed by atoms with E-state index in [-0.39, 0.29) is 5.75 Å². The van der Waals surface area contributed by atoms with Crippen LogP contribution < -0.4 is 4.74 Å². The molecule has 1 aliphatic rings. The molecule has 1 aromatic carbocycles. The van der Waals surface area contributed by atoms with Gasteiger partial charge in [-0.3, -0.25) is 0 Å². The summed E-state index contributed by atoms with van der Waals surface area (Å²) in [7, 11) is 0. The van der Waals surface area contributed by atoms with Crippen LogP contribution in [0, 0.1) is 5.92 Å². The third-order valence-corrected chi connectivity index (χ3v) is 3.85. The van der Waals surface area contributed by atoms with E-state index in [0.29, 0.717) is 11.8 Å². The van der Waals surface area contributed by atoms with Crippen LogP contribution in [0.3, 0.4) is 0 Å². The number of allylic oxidation sites excluding steroid dienone is 1. The van der Waals surface area contributed by atoms with Gasteiger partial charge in [-0.1, -0.05) is 29.8 Å². The molecule has 1 aromatic rings. The third-order valence-electron chi connectivity index (χ3n) is 3.70. The molecule has 0 aromatic heterocycles. The zero-order valence-corrected chi connectivity index (χ0v) is 11.6. The van der Waals surface area contributed by atoms with Crippen molar-refractivity contribution in [2.75, 3.05) is 0 Å². The Morgan fingerprint density at radius 2 is 1.65 bits per heavy atom. The molecule has 0 heterocycles. The van der Waals surface area contributed by atoms with Crippen LogP contribution in [0.2, 0.25) is 0 Å². The normalized spacial score (nSPS) is 24.0. The Bertz CT molecular complexity index is 445. The Morgan fingerprint density at radius 3 is 2.15 bits per heavy atom. The second-order valence-electron chi connectivity index (χ2n) is 5.05. The number of hydrogen-bond acceptors (Lipinski definition) is 1. The second-order valence-corrected chi connectivity index (χ2v) is 5.30. The summed E-state index contributed by atoms with van der Waals surface area (Å²) >= 11 is 5.57. The first kappa shape index (κ1) is 15.2. The minimum atomic E-state index is -4.63. The minimum Gasteiger partial charge on any atom is -0.406 e. The van der Waals surface area contributed by atoms with E-state index in [9.17, 15) is 13.2 Å². The van der Waals surface area contributed by atoms with Gasteiger partial charge in [0.05, 0.1) is 0 Å². The maximum atomic E-state index is 12.1. The molecule has 0 amide bonds. The van der Waals surface area contributed by atoms with Gasteiger partial charge in [-0.25, -0.2) is 0 Å². The van der Waals surface area contributed by atoms with Gasteiger partial charge in [-0.2, -0.15) is 0 Å². The number of ether oxygens (including phenoxy) is 1. The van der Waals surface area contributed by atoms with E-state index in [1.165, 1.54) is 12.1 Å². The topological polar surface area (TPSA) is 9.23 Å². The van der Waals surface area contributed by atoms with Crippen LogP contribution in [0.25, 0.3) is 0 Å². The maximum Gasteiger partial charge on any atom is 0.573 e. The molecule has 0 bridgehead atoms. The molecule has 0 saturated heterocycles. The Balaban J connectivity index is 1.94. The highest BCUT2D eigenvalue weighted by atomic mass is 35.5. The molecule has 110 valence electrons. The van der Waals surface area contributed by atoms with Crippen LogP contribution in [-0.2, 0) is 0 Å². The van der Waals surface area contributed by atoms with Crippen molar-refractivity contribution in [2.24, 2.45) is 5.92 Å². The van der Waals surface area contributed by atoms with Crippen LogP contribution in [0.15, 0.2) is 35.9 Å². The van der Waals surface area contributed by atoms with Crippen LogP contribution in [0.1, 0.15) is 37.2 Å².